The quantitative estimate of drug-likeness (QED) is 0.858. The Bertz CT molecular complexity index is 331. The van der Waals surface area contributed by atoms with Crippen molar-refractivity contribution in [1.82, 2.24) is 5.32 Å². The van der Waals surface area contributed by atoms with Gasteiger partial charge in [0.05, 0.1) is 25.9 Å². The summed E-state index contributed by atoms with van der Waals surface area (Å²) in [7, 11) is 1.98. The summed E-state index contributed by atoms with van der Waals surface area (Å²) in [4.78, 5) is 0. The molecule has 0 amide bonds. The van der Waals surface area contributed by atoms with Crippen molar-refractivity contribution in [1.29, 1.82) is 0 Å². The van der Waals surface area contributed by atoms with Crippen LogP contribution in [0.15, 0.2) is 24.3 Å². The minimum atomic E-state index is 0.162. The molecule has 2 unspecified atom stereocenters. The fourth-order valence-electron chi connectivity index (χ4n) is 2.14. The van der Waals surface area contributed by atoms with E-state index in [-0.39, 0.29) is 6.10 Å². The molecule has 3 nitrogen and oxygen atoms in total. The number of hydrogen-bond acceptors (Lipinski definition) is 3. The first kappa shape index (κ1) is 12.6. The van der Waals surface area contributed by atoms with Gasteiger partial charge in [-0.3, -0.25) is 0 Å². The molecule has 1 fully saturated rings. The maximum absolute atomic E-state index is 5.74. The van der Waals surface area contributed by atoms with Crippen LogP contribution >= 0.6 is 0 Å². The Kier molecular flexibility index (Phi) is 4.54. The predicted molar refractivity (Wildman–Crippen MR) is 68.3 cm³/mol. The first-order valence-electron chi connectivity index (χ1n) is 6.22. The monoisotopic (exact) mass is 235 g/mol. The number of aryl methyl sites for hydroxylation is 1. The van der Waals surface area contributed by atoms with Crippen molar-refractivity contribution in [3.8, 4) is 0 Å². The van der Waals surface area contributed by atoms with E-state index in [0.29, 0.717) is 19.3 Å². The smallest absolute Gasteiger partial charge is 0.0965 e. The summed E-state index contributed by atoms with van der Waals surface area (Å²) in [5, 5.41) is 3.33. The van der Waals surface area contributed by atoms with Crippen molar-refractivity contribution in [3.63, 3.8) is 0 Å². The summed E-state index contributed by atoms with van der Waals surface area (Å²) in [5.74, 6) is 0. The van der Waals surface area contributed by atoms with Gasteiger partial charge in [0.25, 0.3) is 0 Å². The number of benzene rings is 1. The van der Waals surface area contributed by atoms with Crippen LogP contribution in [0.1, 0.15) is 11.1 Å². The summed E-state index contributed by atoms with van der Waals surface area (Å²) >= 11 is 0. The zero-order valence-corrected chi connectivity index (χ0v) is 10.6. The summed E-state index contributed by atoms with van der Waals surface area (Å²) in [5.41, 5.74) is 2.64. The van der Waals surface area contributed by atoms with Crippen molar-refractivity contribution in [2.45, 2.75) is 25.5 Å². The number of ether oxygens (including phenoxy) is 2. The Morgan fingerprint density at radius 1 is 1.29 bits per heavy atom. The molecule has 0 spiro atoms. The Labute approximate surface area is 103 Å². The van der Waals surface area contributed by atoms with Crippen molar-refractivity contribution in [2.24, 2.45) is 0 Å². The lowest BCUT2D eigenvalue weighted by Gasteiger charge is -2.30. The first-order chi connectivity index (χ1) is 8.29. The van der Waals surface area contributed by atoms with Gasteiger partial charge in [-0.2, -0.15) is 0 Å². The Balaban J connectivity index is 1.96. The number of likely N-dealkylation sites (N-methyl/N-ethyl adjacent to an activating group) is 1. The van der Waals surface area contributed by atoms with Crippen LogP contribution in [-0.2, 0) is 15.9 Å². The summed E-state index contributed by atoms with van der Waals surface area (Å²) in [6, 6.07) is 8.99. The molecule has 1 aliphatic rings. The van der Waals surface area contributed by atoms with Crippen molar-refractivity contribution in [2.75, 3.05) is 26.9 Å². The van der Waals surface area contributed by atoms with E-state index in [9.17, 15) is 0 Å². The average molecular weight is 235 g/mol. The lowest BCUT2D eigenvalue weighted by molar-refractivity contribution is -0.100. The van der Waals surface area contributed by atoms with Crippen LogP contribution in [0, 0.1) is 6.92 Å². The van der Waals surface area contributed by atoms with E-state index < -0.39 is 0 Å². The van der Waals surface area contributed by atoms with E-state index in [2.05, 4.69) is 36.5 Å². The molecule has 2 rings (SSSR count). The second kappa shape index (κ2) is 6.15. The molecular formula is C14H21NO2. The van der Waals surface area contributed by atoms with E-state index in [4.69, 9.17) is 9.47 Å². The van der Waals surface area contributed by atoms with Gasteiger partial charge in [0.2, 0.25) is 0 Å². The standard InChI is InChI=1S/C14H21NO2/c1-11-3-5-12(6-4-11)9-13(15-2)14-10-16-7-8-17-14/h3-6,13-15H,7-10H2,1-2H3. The molecule has 1 N–H and O–H groups in total. The number of nitrogens with one attached hydrogen (secondary N) is 1. The van der Waals surface area contributed by atoms with E-state index in [1.54, 1.807) is 0 Å². The zero-order chi connectivity index (χ0) is 12.1. The minimum Gasteiger partial charge on any atom is -0.376 e. The molecule has 0 radical (unpaired) electrons. The maximum atomic E-state index is 5.74. The fraction of sp³-hybridized carbons (Fsp3) is 0.571. The fourth-order valence-corrected chi connectivity index (χ4v) is 2.14. The normalized spacial score (nSPS) is 22.4. The molecule has 3 heteroatoms. The molecule has 17 heavy (non-hydrogen) atoms. The topological polar surface area (TPSA) is 30.5 Å². The summed E-state index contributed by atoms with van der Waals surface area (Å²) < 4.78 is 11.2. The summed E-state index contributed by atoms with van der Waals surface area (Å²) in [6.45, 7) is 4.23. The van der Waals surface area contributed by atoms with Gasteiger partial charge >= 0.3 is 0 Å². The Morgan fingerprint density at radius 3 is 2.65 bits per heavy atom. The minimum absolute atomic E-state index is 0.162. The molecule has 1 saturated heterocycles. The third-order valence-corrected chi connectivity index (χ3v) is 3.24. The lowest BCUT2D eigenvalue weighted by atomic mass is 10.0. The summed E-state index contributed by atoms with van der Waals surface area (Å²) in [6.07, 6.45) is 1.14. The lowest BCUT2D eigenvalue weighted by Crippen LogP contribution is -2.46. The van der Waals surface area contributed by atoms with Gasteiger partial charge in [-0.05, 0) is 26.0 Å². The van der Waals surface area contributed by atoms with E-state index in [1.165, 1.54) is 11.1 Å². The molecule has 1 aliphatic heterocycles. The number of rotatable bonds is 4. The van der Waals surface area contributed by atoms with Crippen molar-refractivity contribution >= 4 is 0 Å². The van der Waals surface area contributed by atoms with Gasteiger partial charge in [0.1, 0.15) is 0 Å². The Morgan fingerprint density at radius 2 is 2.06 bits per heavy atom. The molecule has 1 heterocycles. The van der Waals surface area contributed by atoms with Crippen LogP contribution in [0.2, 0.25) is 0 Å². The van der Waals surface area contributed by atoms with Crippen LogP contribution in [0.3, 0.4) is 0 Å². The maximum Gasteiger partial charge on any atom is 0.0965 e. The molecule has 0 aromatic heterocycles. The van der Waals surface area contributed by atoms with E-state index in [1.807, 2.05) is 7.05 Å². The average Bonchev–Trinajstić information content (AvgIpc) is 2.39. The van der Waals surface area contributed by atoms with Gasteiger partial charge < -0.3 is 14.8 Å². The van der Waals surface area contributed by atoms with Crippen LogP contribution in [0.5, 0.6) is 0 Å². The number of hydrogen-bond donors (Lipinski definition) is 1. The van der Waals surface area contributed by atoms with E-state index in [0.717, 1.165) is 13.0 Å². The highest BCUT2D eigenvalue weighted by atomic mass is 16.6. The van der Waals surface area contributed by atoms with Crippen molar-refractivity contribution < 1.29 is 9.47 Å². The molecule has 1 aromatic carbocycles. The molecule has 0 saturated carbocycles. The molecule has 0 bridgehead atoms. The molecular weight excluding hydrogens is 214 g/mol. The third kappa shape index (κ3) is 3.53. The highest BCUT2D eigenvalue weighted by Crippen LogP contribution is 2.12. The van der Waals surface area contributed by atoms with Crippen LogP contribution in [0.4, 0.5) is 0 Å². The predicted octanol–water partition coefficient (Wildman–Crippen LogP) is 1.54. The van der Waals surface area contributed by atoms with Gasteiger partial charge in [-0.15, -0.1) is 0 Å². The van der Waals surface area contributed by atoms with Gasteiger partial charge in [0, 0.05) is 6.04 Å². The molecule has 0 aliphatic carbocycles. The third-order valence-electron chi connectivity index (χ3n) is 3.24. The Hall–Kier alpha value is -0.900. The van der Waals surface area contributed by atoms with Crippen LogP contribution in [0.25, 0.3) is 0 Å². The van der Waals surface area contributed by atoms with Gasteiger partial charge in [-0.1, -0.05) is 29.8 Å². The second-order valence-corrected chi connectivity index (χ2v) is 4.57. The van der Waals surface area contributed by atoms with Gasteiger partial charge in [0.15, 0.2) is 0 Å². The molecule has 1 aromatic rings. The molecule has 2 atom stereocenters. The van der Waals surface area contributed by atoms with Crippen LogP contribution in [-0.4, -0.2) is 39.0 Å². The van der Waals surface area contributed by atoms with Crippen LogP contribution < -0.4 is 5.32 Å². The largest absolute Gasteiger partial charge is 0.376 e. The first-order valence-corrected chi connectivity index (χ1v) is 6.22. The zero-order valence-electron chi connectivity index (χ0n) is 10.6. The SMILES string of the molecule is CNC(Cc1ccc(C)cc1)C1COCCO1. The van der Waals surface area contributed by atoms with Gasteiger partial charge in [-0.25, -0.2) is 0 Å². The highest BCUT2D eigenvalue weighted by molar-refractivity contribution is 5.22. The molecule has 94 valence electrons. The van der Waals surface area contributed by atoms with E-state index >= 15 is 0 Å². The highest BCUT2D eigenvalue weighted by Gasteiger charge is 2.23. The second-order valence-electron chi connectivity index (χ2n) is 4.57. The van der Waals surface area contributed by atoms with Crippen molar-refractivity contribution in [3.05, 3.63) is 35.4 Å².